The van der Waals surface area contributed by atoms with Gasteiger partial charge in [-0.2, -0.15) is 0 Å². The predicted molar refractivity (Wildman–Crippen MR) is 106 cm³/mol. The molecule has 8 nitrogen and oxygen atoms in total. The molecule has 0 saturated carbocycles. The van der Waals surface area contributed by atoms with E-state index in [0.717, 1.165) is 10.9 Å². The van der Waals surface area contributed by atoms with Crippen LogP contribution in [0.15, 0.2) is 35.1 Å². The number of rotatable bonds is 2. The Morgan fingerprint density at radius 1 is 1.34 bits per heavy atom. The van der Waals surface area contributed by atoms with Crippen LogP contribution in [0.1, 0.15) is 35.6 Å². The van der Waals surface area contributed by atoms with Gasteiger partial charge in [-0.05, 0) is 36.8 Å². The molecule has 2 aromatic heterocycles. The lowest BCUT2D eigenvalue weighted by Crippen LogP contribution is -2.44. The number of hydrogen-bond acceptors (Lipinski definition) is 6. The van der Waals surface area contributed by atoms with Crippen molar-refractivity contribution in [2.75, 3.05) is 0 Å². The maximum atomic E-state index is 13.1. The van der Waals surface area contributed by atoms with Crippen LogP contribution in [0.5, 0.6) is 0 Å². The van der Waals surface area contributed by atoms with Crippen LogP contribution in [0.2, 0.25) is 0 Å². The van der Waals surface area contributed by atoms with Crippen LogP contribution in [-0.2, 0) is 28.3 Å². The summed E-state index contributed by atoms with van der Waals surface area (Å²) in [4.78, 5) is 30.0. The summed E-state index contributed by atoms with van der Waals surface area (Å²) < 4.78 is 6.67. The van der Waals surface area contributed by atoms with Crippen molar-refractivity contribution in [1.29, 1.82) is 5.41 Å². The molecule has 146 valence electrons. The normalized spacial score (nSPS) is 19.4. The predicted octanol–water partition coefficient (Wildman–Crippen LogP) is 1.36. The second-order valence-electron chi connectivity index (χ2n) is 7.42. The van der Waals surface area contributed by atoms with Gasteiger partial charge in [0.2, 0.25) is 0 Å². The van der Waals surface area contributed by atoms with Gasteiger partial charge in [0.1, 0.15) is 12.4 Å². The number of amidine groups is 1. The lowest BCUT2D eigenvalue weighted by Gasteiger charge is -2.31. The number of carbonyl (C=O) groups excluding carboxylic acids is 1. The van der Waals surface area contributed by atoms with Gasteiger partial charge in [0.25, 0.3) is 5.56 Å². The molecule has 1 atom stereocenters. The minimum absolute atomic E-state index is 0.0249. The topological polar surface area (TPSA) is 131 Å². The molecule has 0 amide bonds. The zero-order valence-corrected chi connectivity index (χ0v) is 15.7. The summed E-state index contributed by atoms with van der Waals surface area (Å²) in [5, 5.41) is 19.3. The summed E-state index contributed by atoms with van der Waals surface area (Å²) in [7, 11) is 0. The average molecular weight is 390 g/mol. The first kappa shape index (κ1) is 17.6. The van der Waals surface area contributed by atoms with Crippen LogP contribution in [-0.4, -0.2) is 26.5 Å². The van der Waals surface area contributed by atoms with Crippen molar-refractivity contribution in [3.05, 3.63) is 62.9 Å². The van der Waals surface area contributed by atoms with Crippen LogP contribution in [0.4, 0.5) is 0 Å². The Hall–Kier alpha value is -3.52. The number of nitrogens with two attached hydrogens (primary N) is 1. The highest BCUT2D eigenvalue weighted by atomic mass is 16.6. The lowest BCUT2D eigenvalue weighted by molar-refractivity contribution is -0.172. The number of esters is 1. The molecule has 0 saturated heterocycles. The summed E-state index contributed by atoms with van der Waals surface area (Å²) in [5.74, 6) is -0.763. The van der Waals surface area contributed by atoms with Crippen LogP contribution in [0, 0.1) is 5.41 Å². The fourth-order valence-electron chi connectivity index (χ4n) is 4.15. The molecule has 0 spiro atoms. The van der Waals surface area contributed by atoms with E-state index >= 15 is 0 Å². The number of ether oxygens (including phenoxy) is 1. The second-order valence-corrected chi connectivity index (χ2v) is 7.42. The number of fused-ring (bicyclic) bond motifs is 5. The Bertz CT molecular complexity index is 1310. The number of nitrogens with zero attached hydrogens (tertiary/aromatic N) is 2. The Morgan fingerprint density at radius 3 is 2.86 bits per heavy atom. The minimum atomic E-state index is -1.83. The maximum Gasteiger partial charge on any atom is 0.343 e. The number of nitrogen functional groups attached to an aromatic ring is 1. The summed E-state index contributed by atoms with van der Waals surface area (Å²) >= 11 is 0. The zero-order valence-electron chi connectivity index (χ0n) is 15.7. The number of hydrogen-bond donors (Lipinski definition) is 3. The molecule has 4 heterocycles. The van der Waals surface area contributed by atoms with Crippen molar-refractivity contribution >= 4 is 22.7 Å². The summed E-state index contributed by atoms with van der Waals surface area (Å²) in [6.45, 7) is 1.86. The van der Waals surface area contributed by atoms with Crippen molar-refractivity contribution in [2.45, 2.75) is 32.1 Å². The number of benzene rings is 1. The van der Waals surface area contributed by atoms with Crippen molar-refractivity contribution in [3.8, 4) is 11.4 Å². The smallest absolute Gasteiger partial charge is 0.343 e. The molecule has 1 aromatic carbocycles. The first-order valence-electron chi connectivity index (χ1n) is 9.28. The van der Waals surface area contributed by atoms with Gasteiger partial charge in [0, 0.05) is 22.1 Å². The number of carbonyl (C=O) groups is 1. The van der Waals surface area contributed by atoms with E-state index in [1.807, 2.05) is 6.07 Å². The van der Waals surface area contributed by atoms with Crippen molar-refractivity contribution in [2.24, 2.45) is 5.73 Å². The highest BCUT2D eigenvalue weighted by molar-refractivity contribution is 5.99. The van der Waals surface area contributed by atoms with Gasteiger partial charge in [-0.25, -0.2) is 9.78 Å². The molecule has 29 heavy (non-hydrogen) atoms. The highest BCUT2D eigenvalue weighted by Crippen LogP contribution is 2.38. The number of cyclic esters (lactones) is 1. The third kappa shape index (κ3) is 2.29. The van der Waals surface area contributed by atoms with E-state index in [-0.39, 0.29) is 24.4 Å². The molecule has 2 aliphatic heterocycles. The van der Waals surface area contributed by atoms with E-state index in [2.05, 4.69) is 0 Å². The largest absolute Gasteiger partial charge is 0.458 e. The number of aliphatic hydroxyl groups is 1. The molecule has 4 N–H and O–H groups in total. The zero-order chi connectivity index (χ0) is 20.5. The molecule has 0 fully saturated rings. The Labute approximate surface area is 165 Å². The van der Waals surface area contributed by atoms with E-state index in [1.54, 1.807) is 35.8 Å². The molecule has 0 aliphatic carbocycles. The second kappa shape index (κ2) is 5.74. The van der Waals surface area contributed by atoms with E-state index in [0.29, 0.717) is 40.1 Å². The van der Waals surface area contributed by atoms with Gasteiger partial charge in [-0.1, -0.05) is 6.92 Å². The number of aromatic nitrogens is 2. The molecule has 2 aliphatic rings. The maximum absolute atomic E-state index is 13.1. The van der Waals surface area contributed by atoms with Gasteiger partial charge in [0.15, 0.2) is 5.60 Å². The molecule has 5 rings (SSSR count). The van der Waals surface area contributed by atoms with Crippen molar-refractivity contribution < 1.29 is 14.6 Å². The van der Waals surface area contributed by atoms with Gasteiger partial charge >= 0.3 is 5.97 Å². The molecular weight excluding hydrogens is 372 g/mol. The molecular formula is C21H18N4O4. The first-order valence-corrected chi connectivity index (χ1v) is 9.28. The van der Waals surface area contributed by atoms with Gasteiger partial charge in [-0.3, -0.25) is 10.2 Å². The fraction of sp³-hybridized carbons (Fsp3) is 0.238. The highest BCUT2D eigenvalue weighted by Gasteiger charge is 2.45. The van der Waals surface area contributed by atoms with Gasteiger partial charge in [-0.15, -0.1) is 0 Å². The third-order valence-corrected chi connectivity index (χ3v) is 5.82. The SMILES string of the molecule is CC[C@@]1(O)C(=O)OCc2c1cc1n(c2=O)Cc2cc3cc(C(=N)N)ccc3nc2-1. The van der Waals surface area contributed by atoms with E-state index in [9.17, 15) is 14.7 Å². The number of nitrogens with one attached hydrogen (secondary N) is 1. The molecule has 0 radical (unpaired) electrons. The first-order chi connectivity index (χ1) is 13.8. The van der Waals surface area contributed by atoms with Crippen LogP contribution in [0.25, 0.3) is 22.3 Å². The van der Waals surface area contributed by atoms with Crippen LogP contribution in [0.3, 0.4) is 0 Å². The standard InChI is InChI=1S/C21H18N4O4/c1-2-21(28)14-7-16-17-12(8-25(16)19(26)13(14)9-29-20(21)27)6-11-5-10(18(22)23)3-4-15(11)24-17/h3-7,28H,2,8-9H2,1H3,(H3,22,23)/t21-/m0/s1. The number of pyridine rings is 2. The van der Waals surface area contributed by atoms with Gasteiger partial charge in [0.05, 0.1) is 29.0 Å². The summed E-state index contributed by atoms with van der Waals surface area (Å²) in [5.41, 5.74) is 7.43. The van der Waals surface area contributed by atoms with Crippen molar-refractivity contribution in [3.63, 3.8) is 0 Å². The molecule has 3 aromatic rings. The van der Waals surface area contributed by atoms with Gasteiger partial charge < -0.3 is 20.1 Å². The Morgan fingerprint density at radius 2 is 2.14 bits per heavy atom. The summed E-state index contributed by atoms with van der Waals surface area (Å²) in [6.07, 6.45) is 0.105. The van der Waals surface area contributed by atoms with E-state index in [1.165, 1.54) is 0 Å². The Balaban J connectivity index is 1.75. The fourth-order valence-corrected chi connectivity index (χ4v) is 4.15. The lowest BCUT2D eigenvalue weighted by atomic mass is 9.86. The molecule has 8 heteroatoms. The van der Waals surface area contributed by atoms with Crippen LogP contribution < -0.4 is 11.3 Å². The summed E-state index contributed by atoms with van der Waals surface area (Å²) in [6, 6.07) is 8.93. The van der Waals surface area contributed by atoms with Crippen molar-refractivity contribution in [1.82, 2.24) is 9.55 Å². The Kier molecular flexibility index (Phi) is 3.48. The quantitative estimate of drug-likeness (QED) is 0.269. The molecule has 0 unspecified atom stereocenters. The average Bonchev–Trinajstić information content (AvgIpc) is 3.07. The van der Waals surface area contributed by atoms with E-state index < -0.39 is 11.6 Å². The third-order valence-electron chi connectivity index (χ3n) is 5.82. The van der Waals surface area contributed by atoms with Crippen LogP contribution >= 0.6 is 0 Å². The minimum Gasteiger partial charge on any atom is -0.458 e. The monoisotopic (exact) mass is 390 g/mol. The van der Waals surface area contributed by atoms with E-state index in [4.69, 9.17) is 20.9 Å². The molecule has 0 bridgehead atoms.